The van der Waals surface area contributed by atoms with Crippen LogP contribution < -0.4 is 4.90 Å². The number of hydrogen-bond acceptors (Lipinski definition) is 6. The molecule has 142 valence electrons. The van der Waals surface area contributed by atoms with Crippen molar-refractivity contribution in [2.75, 3.05) is 18.6 Å². The number of aromatic nitrogens is 1. The summed E-state index contributed by atoms with van der Waals surface area (Å²) in [6.45, 7) is 3.89. The molecule has 5 nitrogen and oxygen atoms in total. The molecule has 0 aliphatic carbocycles. The van der Waals surface area contributed by atoms with Gasteiger partial charge in [-0.15, -0.1) is 11.3 Å². The van der Waals surface area contributed by atoms with Gasteiger partial charge in [0.05, 0.1) is 21.3 Å². The topological polar surface area (TPSA) is 59.5 Å². The number of anilines is 1. The number of ketones is 1. The molecule has 2 heterocycles. The first-order valence-electron chi connectivity index (χ1n) is 8.96. The summed E-state index contributed by atoms with van der Waals surface area (Å²) in [5.41, 5.74) is 5.85. The number of thiazole rings is 1. The molecule has 1 aromatic heterocycles. The number of rotatable bonds is 4. The van der Waals surface area contributed by atoms with Crippen LogP contribution in [-0.4, -0.2) is 30.4 Å². The summed E-state index contributed by atoms with van der Waals surface area (Å²) in [6, 6.07) is 13.3. The van der Waals surface area contributed by atoms with E-state index in [1.54, 1.807) is 29.8 Å². The molecule has 0 N–H and O–H groups in total. The number of carbonyl (C=O) groups excluding carboxylic acids is 2. The Balaban J connectivity index is 1.47. The molecule has 0 spiro atoms. The normalized spacial score (nSPS) is 16.4. The lowest BCUT2D eigenvalue weighted by atomic mass is 9.83. The van der Waals surface area contributed by atoms with E-state index in [2.05, 4.69) is 24.9 Å². The highest BCUT2D eigenvalue weighted by molar-refractivity contribution is 7.16. The first kappa shape index (κ1) is 18.4. The number of para-hydroxylation sites is 1. The Morgan fingerprint density at radius 1 is 1.21 bits per heavy atom. The summed E-state index contributed by atoms with van der Waals surface area (Å²) in [5, 5.41) is 0. The third-order valence-corrected chi connectivity index (χ3v) is 5.94. The van der Waals surface area contributed by atoms with E-state index in [1.165, 1.54) is 16.9 Å². The number of carbonyl (C=O) groups is 2. The summed E-state index contributed by atoms with van der Waals surface area (Å²) in [5.74, 6) is -0.751. The second-order valence-electron chi connectivity index (χ2n) is 7.31. The Labute approximate surface area is 167 Å². The van der Waals surface area contributed by atoms with Gasteiger partial charge < -0.3 is 9.64 Å². The monoisotopic (exact) mass is 392 g/mol. The molecule has 28 heavy (non-hydrogen) atoms. The summed E-state index contributed by atoms with van der Waals surface area (Å²) < 4.78 is 6.15. The average Bonchev–Trinajstić information content (AvgIpc) is 3.23. The first-order chi connectivity index (χ1) is 13.4. The molecule has 0 radical (unpaired) electrons. The molecule has 0 atom stereocenters. The Kier molecular flexibility index (Phi) is 4.51. The van der Waals surface area contributed by atoms with E-state index in [0.29, 0.717) is 5.56 Å². The quantitative estimate of drug-likeness (QED) is 0.488. The highest BCUT2D eigenvalue weighted by Crippen LogP contribution is 2.46. The number of ether oxygens (including phenoxy) is 1. The van der Waals surface area contributed by atoms with E-state index < -0.39 is 5.97 Å². The third kappa shape index (κ3) is 3.10. The van der Waals surface area contributed by atoms with Gasteiger partial charge in [-0.2, -0.15) is 0 Å². The van der Waals surface area contributed by atoms with Gasteiger partial charge >= 0.3 is 5.97 Å². The van der Waals surface area contributed by atoms with Crippen LogP contribution in [0.15, 0.2) is 59.7 Å². The number of benzene rings is 2. The molecular weight excluding hydrogens is 372 g/mol. The number of nitrogens with zero attached hydrogens (tertiary/aromatic N) is 2. The molecule has 0 saturated carbocycles. The lowest BCUT2D eigenvalue weighted by molar-refractivity contribution is -0.117. The molecular formula is C22H20N2O3S. The van der Waals surface area contributed by atoms with Crippen LogP contribution in [0.25, 0.3) is 10.2 Å². The number of fused-ring (bicyclic) bond motifs is 2. The molecule has 2 aromatic carbocycles. The van der Waals surface area contributed by atoms with Crippen molar-refractivity contribution in [3.05, 3.63) is 70.9 Å². The Bertz CT molecular complexity index is 1110. The van der Waals surface area contributed by atoms with E-state index in [-0.39, 0.29) is 17.8 Å². The van der Waals surface area contributed by atoms with Crippen molar-refractivity contribution < 1.29 is 14.3 Å². The fraction of sp³-hybridized carbons (Fsp3) is 0.227. The predicted octanol–water partition coefficient (Wildman–Crippen LogP) is 4.33. The molecule has 0 unspecified atom stereocenters. The number of esters is 1. The Hall–Kier alpha value is -2.99. The van der Waals surface area contributed by atoms with E-state index in [0.717, 1.165) is 21.6 Å². The average molecular weight is 392 g/mol. The van der Waals surface area contributed by atoms with Gasteiger partial charge in [-0.3, -0.25) is 4.79 Å². The van der Waals surface area contributed by atoms with Crippen LogP contribution in [0.3, 0.4) is 0 Å². The second kappa shape index (κ2) is 6.87. The van der Waals surface area contributed by atoms with Crippen molar-refractivity contribution in [1.29, 1.82) is 0 Å². The fourth-order valence-corrected chi connectivity index (χ4v) is 4.37. The molecule has 1 aliphatic heterocycles. The minimum atomic E-state index is -0.510. The van der Waals surface area contributed by atoms with E-state index in [4.69, 9.17) is 4.74 Å². The lowest BCUT2D eigenvalue weighted by Gasteiger charge is -2.23. The van der Waals surface area contributed by atoms with Crippen molar-refractivity contribution in [1.82, 2.24) is 4.98 Å². The van der Waals surface area contributed by atoms with E-state index >= 15 is 0 Å². The highest BCUT2D eigenvalue weighted by Gasteiger charge is 2.38. The number of allylic oxidation sites excluding steroid dienone is 1. The van der Waals surface area contributed by atoms with Gasteiger partial charge in [-0.1, -0.05) is 32.0 Å². The molecule has 0 fully saturated rings. The molecule has 0 amide bonds. The van der Waals surface area contributed by atoms with Crippen LogP contribution in [-0.2, 0) is 14.9 Å². The second-order valence-corrected chi connectivity index (χ2v) is 8.19. The van der Waals surface area contributed by atoms with Crippen molar-refractivity contribution in [3.8, 4) is 0 Å². The molecule has 1 aliphatic rings. The highest BCUT2D eigenvalue weighted by atomic mass is 32.1. The van der Waals surface area contributed by atoms with Crippen LogP contribution in [0.2, 0.25) is 0 Å². The zero-order chi connectivity index (χ0) is 19.9. The van der Waals surface area contributed by atoms with Crippen molar-refractivity contribution in [3.63, 3.8) is 0 Å². The zero-order valence-electron chi connectivity index (χ0n) is 15.9. The molecule has 6 heteroatoms. The maximum absolute atomic E-state index is 12.5. The number of hydrogen-bond donors (Lipinski definition) is 0. The van der Waals surface area contributed by atoms with Crippen LogP contribution in [0.4, 0.5) is 5.69 Å². The smallest absolute Gasteiger partial charge is 0.338 e. The van der Waals surface area contributed by atoms with Crippen LogP contribution >= 0.6 is 11.3 Å². The Morgan fingerprint density at radius 2 is 2.00 bits per heavy atom. The van der Waals surface area contributed by atoms with Gasteiger partial charge in [-0.05, 0) is 29.8 Å². The van der Waals surface area contributed by atoms with Gasteiger partial charge in [0.25, 0.3) is 0 Å². The lowest BCUT2D eigenvalue weighted by Crippen LogP contribution is -2.25. The zero-order valence-corrected chi connectivity index (χ0v) is 16.7. The summed E-state index contributed by atoms with van der Waals surface area (Å²) in [7, 11) is 1.95. The predicted molar refractivity (Wildman–Crippen MR) is 111 cm³/mol. The molecule has 4 rings (SSSR count). The van der Waals surface area contributed by atoms with E-state index in [1.807, 2.05) is 30.1 Å². The summed E-state index contributed by atoms with van der Waals surface area (Å²) in [6.07, 6.45) is 1.58. The molecule has 3 aromatic rings. The maximum atomic E-state index is 12.5. The SMILES string of the molecule is CN1/C(=C\C(=O)COC(=O)c2ccc3ncsc3c2)C(C)(C)c2ccccc21. The van der Waals surface area contributed by atoms with Crippen LogP contribution in [0.1, 0.15) is 29.8 Å². The standard InChI is InChI=1S/C22H20N2O3S/c1-22(2)16-6-4-5-7-18(16)24(3)20(22)11-15(25)12-27-21(26)14-8-9-17-19(10-14)28-13-23-17/h4-11,13H,12H2,1-3H3/b20-11-. The third-order valence-electron chi connectivity index (χ3n) is 5.15. The maximum Gasteiger partial charge on any atom is 0.338 e. The van der Waals surface area contributed by atoms with Gasteiger partial charge in [0.15, 0.2) is 12.4 Å². The summed E-state index contributed by atoms with van der Waals surface area (Å²) in [4.78, 5) is 31.0. The molecule has 0 bridgehead atoms. The first-order valence-corrected chi connectivity index (χ1v) is 9.84. The van der Waals surface area contributed by atoms with Crippen molar-refractivity contribution in [2.45, 2.75) is 19.3 Å². The van der Waals surface area contributed by atoms with Gasteiger partial charge in [0.2, 0.25) is 0 Å². The minimum Gasteiger partial charge on any atom is -0.454 e. The van der Waals surface area contributed by atoms with Gasteiger partial charge in [0, 0.05) is 29.9 Å². The Morgan fingerprint density at radius 3 is 2.79 bits per heavy atom. The summed E-state index contributed by atoms with van der Waals surface area (Å²) >= 11 is 1.46. The van der Waals surface area contributed by atoms with Crippen molar-refractivity contribution >= 4 is 39.0 Å². The van der Waals surface area contributed by atoms with Crippen LogP contribution in [0, 0.1) is 0 Å². The van der Waals surface area contributed by atoms with Crippen LogP contribution in [0.5, 0.6) is 0 Å². The number of likely N-dealkylation sites (N-methyl/N-ethyl adjacent to an activating group) is 1. The van der Waals surface area contributed by atoms with Gasteiger partial charge in [-0.25, -0.2) is 9.78 Å². The van der Waals surface area contributed by atoms with Crippen molar-refractivity contribution in [2.24, 2.45) is 0 Å². The van der Waals surface area contributed by atoms with Gasteiger partial charge in [0.1, 0.15) is 0 Å². The van der Waals surface area contributed by atoms with E-state index in [9.17, 15) is 9.59 Å². The minimum absolute atomic E-state index is 0.241. The largest absolute Gasteiger partial charge is 0.454 e. The fourth-order valence-electron chi connectivity index (χ4n) is 3.66. The molecule has 0 saturated heterocycles.